The Morgan fingerprint density at radius 1 is 1.10 bits per heavy atom. The summed E-state index contributed by atoms with van der Waals surface area (Å²) in [6.07, 6.45) is 0. The maximum absolute atomic E-state index is 11.1. The Bertz CT molecular complexity index is 699. The van der Waals surface area contributed by atoms with Crippen molar-refractivity contribution in [2.24, 2.45) is 0 Å². The molecule has 0 aromatic heterocycles. The van der Waals surface area contributed by atoms with E-state index in [2.05, 4.69) is 54.2 Å². The van der Waals surface area contributed by atoms with E-state index in [0.29, 0.717) is 16.7 Å². The molecule has 4 nitrogen and oxygen atoms in total. The first-order chi connectivity index (χ1) is 9.88. The lowest BCUT2D eigenvalue weighted by molar-refractivity contribution is -0.384. The van der Waals surface area contributed by atoms with E-state index in [0.717, 1.165) is 5.56 Å². The fourth-order valence-corrected chi connectivity index (χ4v) is 2.56. The van der Waals surface area contributed by atoms with Gasteiger partial charge in [-0.1, -0.05) is 28.1 Å². The van der Waals surface area contributed by atoms with Crippen LogP contribution in [0, 0.1) is 30.9 Å². The van der Waals surface area contributed by atoms with E-state index in [1.807, 2.05) is 0 Å². The Labute approximate surface area is 132 Å². The highest BCUT2D eigenvalue weighted by Gasteiger charge is 2.14. The molecule has 0 bridgehead atoms. The first-order valence-electron chi connectivity index (χ1n) is 6.63. The smallest absolute Gasteiger partial charge is 0.293 e. The Morgan fingerprint density at radius 2 is 1.76 bits per heavy atom. The van der Waals surface area contributed by atoms with Gasteiger partial charge in [0.1, 0.15) is 5.69 Å². The number of benzene rings is 2. The van der Waals surface area contributed by atoms with Crippen molar-refractivity contribution in [2.45, 2.75) is 27.3 Å². The number of nitrogens with one attached hydrogen (secondary N) is 1. The maximum Gasteiger partial charge on any atom is 0.293 e. The molecule has 0 fully saturated rings. The first kappa shape index (κ1) is 15.5. The molecule has 5 heteroatoms. The summed E-state index contributed by atoms with van der Waals surface area (Å²) in [5.41, 5.74) is 5.42. The van der Waals surface area contributed by atoms with E-state index < -0.39 is 0 Å². The number of nitro groups is 1. The van der Waals surface area contributed by atoms with Gasteiger partial charge < -0.3 is 5.32 Å². The highest BCUT2D eigenvalue weighted by molar-refractivity contribution is 9.10. The zero-order valence-corrected chi connectivity index (χ0v) is 13.8. The fraction of sp³-hybridized carbons (Fsp3) is 0.250. The molecule has 0 spiro atoms. The predicted octanol–water partition coefficient (Wildman–Crippen LogP) is 4.89. The number of aryl methyl sites for hydroxylation is 3. The molecule has 0 saturated carbocycles. The lowest BCUT2D eigenvalue weighted by Crippen LogP contribution is -2.04. The van der Waals surface area contributed by atoms with Crippen LogP contribution in [0.5, 0.6) is 0 Å². The minimum absolute atomic E-state index is 0.0749. The van der Waals surface area contributed by atoms with Gasteiger partial charge in [-0.3, -0.25) is 10.1 Å². The third kappa shape index (κ3) is 3.61. The number of rotatable bonds is 4. The average Bonchev–Trinajstić information content (AvgIpc) is 2.42. The first-order valence-corrected chi connectivity index (χ1v) is 7.42. The van der Waals surface area contributed by atoms with Crippen LogP contribution in [0.1, 0.15) is 22.3 Å². The summed E-state index contributed by atoms with van der Waals surface area (Å²) >= 11 is 3.26. The Morgan fingerprint density at radius 3 is 2.43 bits per heavy atom. The highest BCUT2D eigenvalue weighted by Crippen LogP contribution is 2.28. The van der Waals surface area contributed by atoms with E-state index in [1.165, 1.54) is 22.8 Å². The van der Waals surface area contributed by atoms with Crippen molar-refractivity contribution in [1.29, 1.82) is 0 Å². The second-order valence-electron chi connectivity index (χ2n) is 5.14. The molecular formula is C16H17BrN2O2. The normalized spacial score (nSPS) is 10.5. The van der Waals surface area contributed by atoms with Crippen molar-refractivity contribution in [3.05, 3.63) is 67.2 Å². The number of anilines is 1. The van der Waals surface area contributed by atoms with Gasteiger partial charge in [0.2, 0.25) is 0 Å². The molecular weight excluding hydrogens is 332 g/mol. The van der Waals surface area contributed by atoms with E-state index in [4.69, 9.17) is 0 Å². The average molecular weight is 349 g/mol. The van der Waals surface area contributed by atoms with Crippen molar-refractivity contribution in [3.63, 3.8) is 0 Å². The summed E-state index contributed by atoms with van der Waals surface area (Å²) in [7, 11) is 0. The summed E-state index contributed by atoms with van der Waals surface area (Å²) in [4.78, 5) is 10.7. The quantitative estimate of drug-likeness (QED) is 0.631. The van der Waals surface area contributed by atoms with Crippen LogP contribution >= 0.6 is 15.9 Å². The molecule has 1 N–H and O–H groups in total. The molecule has 2 aromatic rings. The third-order valence-electron chi connectivity index (χ3n) is 3.58. The van der Waals surface area contributed by atoms with Gasteiger partial charge in [-0.2, -0.15) is 0 Å². The topological polar surface area (TPSA) is 55.2 Å². The molecule has 0 radical (unpaired) electrons. The molecule has 0 unspecified atom stereocenters. The molecule has 0 heterocycles. The van der Waals surface area contributed by atoms with Crippen molar-refractivity contribution in [1.82, 2.24) is 0 Å². The van der Waals surface area contributed by atoms with Crippen molar-refractivity contribution < 1.29 is 4.92 Å². The minimum atomic E-state index is -0.375. The van der Waals surface area contributed by atoms with Crippen molar-refractivity contribution in [2.75, 3.05) is 5.32 Å². The van der Waals surface area contributed by atoms with Crippen molar-refractivity contribution >= 4 is 27.3 Å². The zero-order valence-electron chi connectivity index (χ0n) is 12.2. The molecule has 0 atom stereocenters. The maximum atomic E-state index is 11.1. The van der Waals surface area contributed by atoms with Crippen LogP contribution in [0.3, 0.4) is 0 Å². The Kier molecular flexibility index (Phi) is 4.63. The van der Waals surface area contributed by atoms with Gasteiger partial charge >= 0.3 is 0 Å². The molecule has 0 amide bonds. The number of hydrogen-bond donors (Lipinski definition) is 1. The van der Waals surface area contributed by atoms with E-state index >= 15 is 0 Å². The van der Waals surface area contributed by atoms with E-state index in [1.54, 1.807) is 12.1 Å². The minimum Gasteiger partial charge on any atom is -0.375 e. The highest BCUT2D eigenvalue weighted by atomic mass is 79.9. The monoisotopic (exact) mass is 348 g/mol. The molecule has 110 valence electrons. The number of nitrogens with zero attached hydrogens (tertiary/aromatic N) is 1. The Balaban J connectivity index is 2.25. The van der Waals surface area contributed by atoms with Gasteiger partial charge in [0, 0.05) is 17.1 Å². The standard InChI is InChI=1S/C16H17BrN2O2/c1-10-6-12(3)13(7-11(10)2)9-18-15-5-4-14(17)8-16(15)19(20)21/h4-8,18H,9H2,1-3H3. The lowest BCUT2D eigenvalue weighted by Gasteiger charge is -2.12. The van der Waals surface area contributed by atoms with Gasteiger partial charge in [0.15, 0.2) is 0 Å². The number of nitro benzene ring substituents is 1. The second-order valence-corrected chi connectivity index (χ2v) is 6.05. The molecule has 2 aromatic carbocycles. The largest absolute Gasteiger partial charge is 0.375 e. The van der Waals surface area contributed by atoms with Crippen LogP contribution in [0.15, 0.2) is 34.8 Å². The number of halogens is 1. The van der Waals surface area contributed by atoms with Crippen LogP contribution in [-0.2, 0) is 6.54 Å². The van der Waals surface area contributed by atoms with Crippen molar-refractivity contribution in [3.8, 4) is 0 Å². The predicted molar refractivity (Wildman–Crippen MR) is 88.8 cm³/mol. The van der Waals surface area contributed by atoms with Crippen LogP contribution < -0.4 is 5.32 Å². The van der Waals surface area contributed by atoms with Gasteiger partial charge in [-0.15, -0.1) is 0 Å². The van der Waals surface area contributed by atoms with Gasteiger partial charge in [-0.25, -0.2) is 0 Å². The Hall–Kier alpha value is -1.88. The molecule has 0 aliphatic carbocycles. The summed E-state index contributed by atoms with van der Waals surface area (Å²) in [5, 5.41) is 14.3. The summed E-state index contributed by atoms with van der Waals surface area (Å²) < 4.78 is 0.696. The van der Waals surface area contributed by atoms with Gasteiger partial charge in [-0.05, 0) is 55.2 Å². The molecule has 2 rings (SSSR count). The SMILES string of the molecule is Cc1cc(C)c(CNc2ccc(Br)cc2[N+](=O)[O-])cc1C. The summed E-state index contributed by atoms with van der Waals surface area (Å²) in [6.45, 7) is 6.77. The molecule has 0 aliphatic heterocycles. The van der Waals surface area contributed by atoms with Crippen LogP contribution in [0.25, 0.3) is 0 Å². The van der Waals surface area contributed by atoms with E-state index in [-0.39, 0.29) is 10.6 Å². The molecule has 0 aliphatic rings. The zero-order chi connectivity index (χ0) is 15.6. The lowest BCUT2D eigenvalue weighted by atomic mass is 10.0. The third-order valence-corrected chi connectivity index (χ3v) is 4.07. The second kappa shape index (κ2) is 6.26. The summed E-state index contributed by atoms with van der Waals surface area (Å²) in [6, 6.07) is 9.29. The van der Waals surface area contributed by atoms with Gasteiger partial charge in [0.05, 0.1) is 4.92 Å². The van der Waals surface area contributed by atoms with E-state index in [9.17, 15) is 10.1 Å². The summed E-state index contributed by atoms with van der Waals surface area (Å²) in [5.74, 6) is 0. The fourth-order valence-electron chi connectivity index (χ4n) is 2.21. The number of hydrogen-bond acceptors (Lipinski definition) is 3. The van der Waals surface area contributed by atoms with Crippen LogP contribution in [-0.4, -0.2) is 4.92 Å². The molecule has 21 heavy (non-hydrogen) atoms. The van der Waals surface area contributed by atoms with Crippen LogP contribution in [0.2, 0.25) is 0 Å². The van der Waals surface area contributed by atoms with Gasteiger partial charge in [0.25, 0.3) is 5.69 Å². The van der Waals surface area contributed by atoms with Crippen LogP contribution in [0.4, 0.5) is 11.4 Å². The molecule has 0 saturated heterocycles.